The first-order valence-electron chi connectivity index (χ1n) is 11.0. The van der Waals surface area contributed by atoms with E-state index in [1.54, 1.807) is 6.07 Å². The van der Waals surface area contributed by atoms with Crippen molar-refractivity contribution in [3.05, 3.63) is 94.5 Å². The Kier molecular flexibility index (Phi) is 5.36. The minimum atomic E-state index is -0.240. The highest BCUT2D eigenvalue weighted by Gasteiger charge is 2.35. The molecule has 1 atom stereocenters. The van der Waals surface area contributed by atoms with E-state index in [1.165, 1.54) is 16.7 Å². The molecule has 0 saturated heterocycles. The van der Waals surface area contributed by atoms with E-state index in [1.807, 2.05) is 12.1 Å². The van der Waals surface area contributed by atoms with Crippen LogP contribution in [0.5, 0.6) is 11.5 Å². The van der Waals surface area contributed by atoms with Gasteiger partial charge in [-0.05, 0) is 66.3 Å². The lowest BCUT2D eigenvalue weighted by Crippen LogP contribution is -2.30. The van der Waals surface area contributed by atoms with Crippen molar-refractivity contribution in [2.75, 3.05) is 0 Å². The summed E-state index contributed by atoms with van der Waals surface area (Å²) in [5, 5.41) is 22.0. The van der Waals surface area contributed by atoms with Crippen LogP contribution in [0.15, 0.2) is 66.7 Å². The molecule has 3 aromatic carbocycles. The molecule has 1 aliphatic carbocycles. The van der Waals surface area contributed by atoms with Gasteiger partial charge in [0.25, 0.3) is 0 Å². The number of phenols is 2. The number of rotatable bonds is 5. The second-order valence-corrected chi connectivity index (χ2v) is 9.76. The minimum Gasteiger partial charge on any atom is -0.508 e. The summed E-state index contributed by atoms with van der Waals surface area (Å²) in [5.41, 5.74) is 5.30. The van der Waals surface area contributed by atoms with Crippen LogP contribution in [-0.4, -0.2) is 10.2 Å². The highest BCUT2D eigenvalue weighted by molar-refractivity contribution is 5.52. The fourth-order valence-corrected chi connectivity index (χ4v) is 4.96. The Morgan fingerprint density at radius 2 is 1.53 bits per heavy atom. The molecule has 0 saturated carbocycles. The van der Waals surface area contributed by atoms with Crippen molar-refractivity contribution in [3.63, 3.8) is 0 Å². The maximum absolute atomic E-state index is 11.0. The molecule has 156 valence electrons. The molecule has 3 aromatic rings. The van der Waals surface area contributed by atoms with Crippen LogP contribution in [-0.2, 0) is 30.1 Å². The summed E-state index contributed by atoms with van der Waals surface area (Å²) in [6.45, 7) is 6.49. The summed E-state index contributed by atoms with van der Waals surface area (Å²) in [6.07, 6.45) is 4.68. The summed E-state index contributed by atoms with van der Waals surface area (Å²) in [5.74, 6) is 0.596. The Labute approximate surface area is 180 Å². The maximum Gasteiger partial charge on any atom is 0.119 e. The van der Waals surface area contributed by atoms with E-state index in [9.17, 15) is 10.2 Å². The van der Waals surface area contributed by atoms with Crippen molar-refractivity contribution in [1.82, 2.24) is 0 Å². The maximum atomic E-state index is 11.0. The van der Waals surface area contributed by atoms with Gasteiger partial charge in [0, 0.05) is 16.5 Å². The van der Waals surface area contributed by atoms with Crippen LogP contribution in [0.2, 0.25) is 0 Å². The molecule has 0 radical (unpaired) electrons. The fraction of sp³-hybridized carbons (Fsp3) is 0.357. The smallest absolute Gasteiger partial charge is 0.119 e. The topological polar surface area (TPSA) is 40.5 Å². The first kappa shape index (κ1) is 20.5. The predicted octanol–water partition coefficient (Wildman–Crippen LogP) is 6.45. The average molecular weight is 401 g/mol. The number of aromatic hydroxyl groups is 2. The molecule has 0 heterocycles. The van der Waals surface area contributed by atoms with Crippen LogP contribution in [0.25, 0.3) is 0 Å². The molecule has 0 aromatic heterocycles. The molecule has 0 fully saturated rings. The average Bonchev–Trinajstić information content (AvgIpc) is 2.74. The normalized spacial score (nSPS) is 18.8. The summed E-state index contributed by atoms with van der Waals surface area (Å²) in [7, 11) is 0. The van der Waals surface area contributed by atoms with Gasteiger partial charge in [0.1, 0.15) is 11.5 Å². The number of hydrogen-bond acceptors (Lipinski definition) is 2. The molecule has 2 N–H and O–H groups in total. The van der Waals surface area contributed by atoms with Crippen molar-refractivity contribution in [3.8, 4) is 11.5 Å². The second-order valence-electron chi connectivity index (χ2n) is 9.76. The van der Waals surface area contributed by atoms with Crippen LogP contribution in [0.1, 0.15) is 61.4 Å². The van der Waals surface area contributed by atoms with Gasteiger partial charge in [-0.1, -0.05) is 75.4 Å². The number of fused-ring (bicyclic) bond motifs is 1. The molecule has 2 nitrogen and oxygen atoms in total. The van der Waals surface area contributed by atoms with Crippen molar-refractivity contribution >= 4 is 0 Å². The van der Waals surface area contributed by atoms with E-state index in [4.69, 9.17) is 0 Å². The zero-order valence-corrected chi connectivity index (χ0v) is 18.3. The monoisotopic (exact) mass is 400 g/mol. The van der Waals surface area contributed by atoms with Gasteiger partial charge in [0.2, 0.25) is 0 Å². The minimum absolute atomic E-state index is 0.178. The van der Waals surface area contributed by atoms with E-state index in [2.05, 4.69) is 69.3 Å². The molecule has 0 spiro atoms. The van der Waals surface area contributed by atoms with Gasteiger partial charge in [-0.2, -0.15) is 0 Å². The summed E-state index contributed by atoms with van der Waals surface area (Å²) < 4.78 is 0. The molecule has 0 amide bonds. The van der Waals surface area contributed by atoms with Gasteiger partial charge in [0.15, 0.2) is 0 Å². The number of phenolic OH excluding ortho intramolecular Hbond substituents is 2. The summed E-state index contributed by atoms with van der Waals surface area (Å²) >= 11 is 0. The molecule has 1 unspecified atom stereocenters. The molecule has 30 heavy (non-hydrogen) atoms. The molecular formula is C28H32O2. The highest BCUT2D eigenvalue weighted by Crippen LogP contribution is 2.46. The van der Waals surface area contributed by atoms with Crippen molar-refractivity contribution in [2.45, 2.75) is 63.7 Å². The summed E-state index contributed by atoms with van der Waals surface area (Å²) in [6, 6.07) is 22.6. The van der Waals surface area contributed by atoms with Crippen LogP contribution in [0, 0.1) is 0 Å². The van der Waals surface area contributed by atoms with E-state index >= 15 is 0 Å². The Hall–Kier alpha value is -2.74. The van der Waals surface area contributed by atoms with Crippen LogP contribution >= 0.6 is 0 Å². The SMILES string of the molecule is CC(C)(CCc1ccccc1)c1cc(O)c(C2(C)CCc3ccccc3C2)cc1O. The Morgan fingerprint density at radius 3 is 2.27 bits per heavy atom. The standard InChI is InChI=1S/C28H32O2/c1-27(2,15-13-20-9-5-4-6-10-20)23-17-26(30)24(18-25(23)29)28(3)16-14-21-11-7-8-12-22(21)19-28/h4-12,17-18,29-30H,13-16,19H2,1-3H3. The zero-order valence-electron chi connectivity index (χ0n) is 18.3. The lowest BCUT2D eigenvalue weighted by molar-refractivity contribution is 0.368. The molecule has 1 aliphatic rings. The van der Waals surface area contributed by atoms with E-state index in [0.717, 1.165) is 43.2 Å². The third-order valence-electron chi connectivity index (χ3n) is 7.02. The Balaban J connectivity index is 1.60. The molecule has 4 rings (SSSR count). The first-order chi connectivity index (χ1) is 14.3. The van der Waals surface area contributed by atoms with E-state index < -0.39 is 0 Å². The number of aryl methyl sites for hydroxylation is 2. The van der Waals surface area contributed by atoms with Crippen molar-refractivity contribution in [2.24, 2.45) is 0 Å². The van der Waals surface area contributed by atoms with Crippen LogP contribution in [0.3, 0.4) is 0 Å². The van der Waals surface area contributed by atoms with Crippen molar-refractivity contribution < 1.29 is 10.2 Å². The van der Waals surface area contributed by atoms with Gasteiger partial charge in [0.05, 0.1) is 0 Å². The Morgan fingerprint density at radius 1 is 0.867 bits per heavy atom. The predicted molar refractivity (Wildman–Crippen MR) is 123 cm³/mol. The van der Waals surface area contributed by atoms with Crippen LogP contribution < -0.4 is 0 Å². The van der Waals surface area contributed by atoms with Gasteiger partial charge in [-0.15, -0.1) is 0 Å². The summed E-state index contributed by atoms with van der Waals surface area (Å²) in [4.78, 5) is 0. The van der Waals surface area contributed by atoms with E-state index in [-0.39, 0.29) is 10.8 Å². The molecule has 2 heteroatoms. The first-order valence-corrected chi connectivity index (χ1v) is 11.0. The largest absolute Gasteiger partial charge is 0.508 e. The van der Waals surface area contributed by atoms with Crippen LogP contribution in [0.4, 0.5) is 0 Å². The number of benzene rings is 3. The van der Waals surface area contributed by atoms with E-state index in [0.29, 0.717) is 11.5 Å². The lowest BCUT2D eigenvalue weighted by Gasteiger charge is -2.37. The quantitative estimate of drug-likeness (QED) is 0.483. The number of hydrogen-bond donors (Lipinski definition) is 2. The van der Waals surface area contributed by atoms with Gasteiger partial charge < -0.3 is 10.2 Å². The zero-order chi connectivity index (χ0) is 21.4. The third-order valence-corrected chi connectivity index (χ3v) is 7.02. The molecular weight excluding hydrogens is 368 g/mol. The van der Waals surface area contributed by atoms with Gasteiger partial charge >= 0.3 is 0 Å². The molecule has 0 bridgehead atoms. The highest BCUT2D eigenvalue weighted by atomic mass is 16.3. The van der Waals surface area contributed by atoms with Crippen molar-refractivity contribution in [1.29, 1.82) is 0 Å². The molecule has 0 aliphatic heterocycles. The Bertz CT molecular complexity index is 1040. The van der Waals surface area contributed by atoms with Gasteiger partial charge in [-0.25, -0.2) is 0 Å². The van der Waals surface area contributed by atoms with Gasteiger partial charge in [-0.3, -0.25) is 0 Å². The fourth-order valence-electron chi connectivity index (χ4n) is 4.96. The third kappa shape index (κ3) is 3.96. The second kappa shape index (κ2) is 7.83. The lowest BCUT2D eigenvalue weighted by atomic mass is 9.68.